The van der Waals surface area contributed by atoms with Crippen molar-refractivity contribution in [3.05, 3.63) is 56.7 Å². The van der Waals surface area contributed by atoms with Gasteiger partial charge in [0.25, 0.3) is 0 Å². The highest BCUT2D eigenvalue weighted by molar-refractivity contribution is 9.10. The minimum absolute atomic E-state index is 0.251. The summed E-state index contributed by atoms with van der Waals surface area (Å²) in [5, 5.41) is 0.851. The van der Waals surface area contributed by atoms with E-state index in [0.29, 0.717) is 15.8 Å². The van der Waals surface area contributed by atoms with Crippen LogP contribution in [0.1, 0.15) is 0 Å². The molecule has 0 unspecified atom stereocenters. The van der Waals surface area contributed by atoms with Crippen LogP contribution >= 0.6 is 39.1 Å². The van der Waals surface area contributed by atoms with Gasteiger partial charge in [-0.3, -0.25) is 0 Å². The zero-order chi connectivity index (χ0) is 12.4. The SMILES string of the molecule is Fc1ccc(Cl)c(Oc2cc(Cl)cc(Br)c2)c1. The van der Waals surface area contributed by atoms with E-state index in [2.05, 4.69) is 15.9 Å². The summed E-state index contributed by atoms with van der Waals surface area (Å²) in [6.07, 6.45) is 0. The number of benzene rings is 2. The number of halogens is 4. The maximum absolute atomic E-state index is 13.0. The van der Waals surface area contributed by atoms with E-state index in [1.807, 2.05) is 0 Å². The minimum atomic E-state index is -0.412. The molecule has 0 fully saturated rings. The fraction of sp³-hybridized carbons (Fsp3) is 0. The fourth-order valence-electron chi connectivity index (χ4n) is 1.27. The lowest BCUT2D eigenvalue weighted by atomic mass is 10.3. The Hall–Kier alpha value is -0.770. The molecule has 88 valence electrons. The lowest BCUT2D eigenvalue weighted by Gasteiger charge is -2.08. The van der Waals surface area contributed by atoms with Gasteiger partial charge in [0, 0.05) is 15.6 Å². The quantitative estimate of drug-likeness (QED) is 0.685. The zero-order valence-electron chi connectivity index (χ0n) is 8.38. The summed E-state index contributed by atoms with van der Waals surface area (Å²) in [6.45, 7) is 0. The van der Waals surface area contributed by atoms with Crippen molar-refractivity contribution in [2.75, 3.05) is 0 Å². The predicted molar refractivity (Wildman–Crippen MR) is 70.6 cm³/mol. The molecular weight excluding hydrogens is 330 g/mol. The van der Waals surface area contributed by atoms with Crippen molar-refractivity contribution in [1.82, 2.24) is 0 Å². The first-order valence-electron chi connectivity index (χ1n) is 4.63. The van der Waals surface area contributed by atoms with Gasteiger partial charge in [0.05, 0.1) is 5.02 Å². The molecule has 0 radical (unpaired) electrons. The van der Waals surface area contributed by atoms with Crippen molar-refractivity contribution < 1.29 is 9.13 Å². The fourth-order valence-corrected chi connectivity index (χ4v) is 2.26. The summed E-state index contributed by atoms with van der Waals surface area (Å²) < 4.78 is 19.3. The summed E-state index contributed by atoms with van der Waals surface area (Å²) in [5.74, 6) is 0.322. The zero-order valence-corrected chi connectivity index (χ0v) is 11.5. The van der Waals surface area contributed by atoms with Gasteiger partial charge in [0.1, 0.15) is 17.3 Å². The normalized spacial score (nSPS) is 10.4. The molecular formula is C12H6BrCl2FO. The van der Waals surface area contributed by atoms with E-state index < -0.39 is 5.82 Å². The number of ether oxygens (including phenoxy) is 1. The molecule has 0 aliphatic rings. The Morgan fingerprint density at radius 3 is 2.53 bits per heavy atom. The Morgan fingerprint density at radius 1 is 1.06 bits per heavy atom. The van der Waals surface area contributed by atoms with E-state index in [4.69, 9.17) is 27.9 Å². The molecule has 0 heterocycles. The minimum Gasteiger partial charge on any atom is -0.456 e. The summed E-state index contributed by atoms with van der Waals surface area (Å²) in [4.78, 5) is 0. The van der Waals surface area contributed by atoms with Crippen LogP contribution in [-0.2, 0) is 0 Å². The van der Waals surface area contributed by atoms with Crippen LogP contribution in [0.4, 0.5) is 4.39 Å². The highest BCUT2D eigenvalue weighted by Gasteiger charge is 2.06. The van der Waals surface area contributed by atoms with E-state index in [-0.39, 0.29) is 5.75 Å². The smallest absolute Gasteiger partial charge is 0.148 e. The molecule has 0 saturated carbocycles. The molecule has 2 rings (SSSR count). The third kappa shape index (κ3) is 3.35. The molecule has 5 heteroatoms. The van der Waals surface area contributed by atoms with Crippen LogP contribution in [0.15, 0.2) is 40.9 Å². The maximum atomic E-state index is 13.0. The monoisotopic (exact) mass is 334 g/mol. The average molecular weight is 336 g/mol. The summed E-state index contributed by atoms with van der Waals surface area (Å²) in [6, 6.07) is 8.98. The summed E-state index contributed by atoms with van der Waals surface area (Å²) in [5.41, 5.74) is 0. The first-order valence-corrected chi connectivity index (χ1v) is 6.18. The topological polar surface area (TPSA) is 9.23 Å². The van der Waals surface area contributed by atoms with Gasteiger partial charge in [-0.25, -0.2) is 4.39 Å². The first kappa shape index (κ1) is 12.7. The molecule has 0 amide bonds. The van der Waals surface area contributed by atoms with Gasteiger partial charge >= 0.3 is 0 Å². The number of rotatable bonds is 2. The lowest BCUT2D eigenvalue weighted by Crippen LogP contribution is -1.87. The van der Waals surface area contributed by atoms with Crippen molar-refractivity contribution in [2.45, 2.75) is 0 Å². The number of hydrogen-bond acceptors (Lipinski definition) is 1. The second-order valence-electron chi connectivity index (χ2n) is 3.28. The van der Waals surface area contributed by atoms with E-state index in [1.165, 1.54) is 18.2 Å². The largest absolute Gasteiger partial charge is 0.456 e. The van der Waals surface area contributed by atoms with Crippen LogP contribution in [0.5, 0.6) is 11.5 Å². The molecule has 0 aliphatic carbocycles. The van der Waals surface area contributed by atoms with Crippen LogP contribution in [0.2, 0.25) is 10.0 Å². The molecule has 0 bridgehead atoms. The van der Waals surface area contributed by atoms with Crippen LogP contribution in [0.25, 0.3) is 0 Å². The lowest BCUT2D eigenvalue weighted by molar-refractivity contribution is 0.477. The van der Waals surface area contributed by atoms with Crippen LogP contribution in [0.3, 0.4) is 0 Å². The highest BCUT2D eigenvalue weighted by Crippen LogP contribution is 2.32. The Morgan fingerprint density at radius 2 is 1.82 bits per heavy atom. The van der Waals surface area contributed by atoms with Gasteiger partial charge in [-0.1, -0.05) is 39.1 Å². The highest BCUT2D eigenvalue weighted by atomic mass is 79.9. The van der Waals surface area contributed by atoms with Crippen LogP contribution < -0.4 is 4.74 Å². The second kappa shape index (κ2) is 5.25. The van der Waals surface area contributed by atoms with Gasteiger partial charge in [-0.15, -0.1) is 0 Å². The molecule has 0 aromatic heterocycles. The van der Waals surface area contributed by atoms with E-state index in [0.717, 1.165) is 4.47 Å². The van der Waals surface area contributed by atoms with Crippen molar-refractivity contribution >= 4 is 39.1 Å². The Bertz CT molecular complexity index is 540. The molecule has 0 atom stereocenters. The summed E-state index contributed by atoms with van der Waals surface area (Å²) in [7, 11) is 0. The third-order valence-electron chi connectivity index (χ3n) is 1.96. The van der Waals surface area contributed by atoms with Gasteiger partial charge < -0.3 is 4.74 Å². The van der Waals surface area contributed by atoms with Crippen molar-refractivity contribution in [1.29, 1.82) is 0 Å². The Kier molecular flexibility index (Phi) is 3.92. The maximum Gasteiger partial charge on any atom is 0.148 e. The van der Waals surface area contributed by atoms with Crippen molar-refractivity contribution in [2.24, 2.45) is 0 Å². The molecule has 0 saturated heterocycles. The van der Waals surface area contributed by atoms with Crippen LogP contribution in [0, 0.1) is 5.82 Å². The predicted octanol–water partition coefficient (Wildman–Crippen LogP) is 5.69. The molecule has 17 heavy (non-hydrogen) atoms. The van der Waals surface area contributed by atoms with Gasteiger partial charge in [0.15, 0.2) is 0 Å². The van der Waals surface area contributed by atoms with Gasteiger partial charge in [0.2, 0.25) is 0 Å². The van der Waals surface area contributed by atoms with E-state index in [1.54, 1.807) is 18.2 Å². The Labute approximate surface area is 116 Å². The first-order chi connectivity index (χ1) is 8.04. The molecule has 0 spiro atoms. The molecule has 0 aliphatic heterocycles. The molecule has 1 nitrogen and oxygen atoms in total. The average Bonchev–Trinajstić information content (AvgIpc) is 2.22. The van der Waals surface area contributed by atoms with E-state index >= 15 is 0 Å². The van der Waals surface area contributed by atoms with Crippen LogP contribution in [-0.4, -0.2) is 0 Å². The number of hydrogen-bond donors (Lipinski definition) is 0. The molecule has 2 aromatic carbocycles. The standard InChI is InChI=1S/C12H6BrCl2FO/c13-7-3-8(14)5-10(4-7)17-12-6-9(16)1-2-11(12)15/h1-6H. The van der Waals surface area contributed by atoms with E-state index in [9.17, 15) is 4.39 Å². The third-order valence-corrected chi connectivity index (χ3v) is 2.95. The van der Waals surface area contributed by atoms with Gasteiger partial charge in [-0.2, -0.15) is 0 Å². The second-order valence-corrected chi connectivity index (χ2v) is 5.04. The van der Waals surface area contributed by atoms with Crippen molar-refractivity contribution in [3.8, 4) is 11.5 Å². The van der Waals surface area contributed by atoms with Crippen molar-refractivity contribution in [3.63, 3.8) is 0 Å². The van der Waals surface area contributed by atoms with Gasteiger partial charge in [-0.05, 0) is 30.3 Å². The Balaban J connectivity index is 2.34. The summed E-state index contributed by atoms with van der Waals surface area (Å²) >= 11 is 15.0. The molecule has 2 aromatic rings. The molecule has 0 N–H and O–H groups in total.